The van der Waals surface area contributed by atoms with Crippen LogP contribution in [0.3, 0.4) is 0 Å². The van der Waals surface area contributed by atoms with Crippen molar-refractivity contribution in [2.45, 2.75) is 17.1 Å². The van der Waals surface area contributed by atoms with Crippen LogP contribution in [0.4, 0.5) is 11.4 Å². The fraction of sp³-hybridized carbons (Fsp3) is 0.235. The molecule has 0 saturated heterocycles. The zero-order valence-electron chi connectivity index (χ0n) is 13.3. The highest BCUT2D eigenvalue weighted by Crippen LogP contribution is 2.31. The van der Waals surface area contributed by atoms with Crippen molar-refractivity contribution in [3.63, 3.8) is 0 Å². The summed E-state index contributed by atoms with van der Waals surface area (Å²) in [6.07, 6.45) is 0. The van der Waals surface area contributed by atoms with Crippen LogP contribution >= 0.6 is 11.8 Å². The van der Waals surface area contributed by atoms with Gasteiger partial charge in [0, 0.05) is 16.6 Å². The molecule has 1 amide bonds. The minimum atomic E-state index is -0.274. The third-order valence-electron chi connectivity index (χ3n) is 3.21. The van der Waals surface area contributed by atoms with Crippen molar-refractivity contribution in [1.82, 2.24) is 0 Å². The van der Waals surface area contributed by atoms with E-state index in [0.29, 0.717) is 22.9 Å². The fourth-order valence-electron chi connectivity index (χ4n) is 1.98. The molecule has 5 nitrogen and oxygen atoms in total. The van der Waals surface area contributed by atoms with Gasteiger partial charge in [0.05, 0.1) is 25.2 Å². The molecule has 2 rings (SSSR count). The molecule has 0 aliphatic rings. The molecule has 0 aliphatic heterocycles. The number of anilines is 2. The van der Waals surface area contributed by atoms with Gasteiger partial charge in [-0.15, -0.1) is 11.8 Å². The average Bonchev–Trinajstić information content (AvgIpc) is 2.55. The molecule has 3 N–H and O–H groups in total. The lowest BCUT2D eigenvalue weighted by atomic mass is 10.2. The molecule has 0 heterocycles. The lowest BCUT2D eigenvalue weighted by molar-refractivity contribution is -0.115. The summed E-state index contributed by atoms with van der Waals surface area (Å²) >= 11 is 1.45. The molecule has 0 spiro atoms. The summed E-state index contributed by atoms with van der Waals surface area (Å²) < 4.78 is 10.4. The molecule has 0 fully saturated rings. The highest BCUT2D eigenvalue weighted by Gasteiger charge is 2.16. The fourth-order valence-corrected chi connectivity index (χ4v) is 2.92. The number of nitrogens with one attached hydrogen (secondary N) is 1. The van der Waals surface area contributed by atoms with Crippen LogP contribution in [0.1, 0.15) is 6.92 Å². The summed E-state index contributed by atoms with van der Waals surface area (Å²) in [7, 11) is 3.13. The molecule has 1 unspecified atom stereocenters. The zero-order valence-corrected chi connectivity index (χ0v) is 14.1. The summed E-state index contributed by atoms with van der Waals surface area (Å²) in [5.74, 6) is 1.11. The van der Waals surface area contributed by atoms with Gasteiger partial charge < -0.3 is 20.5 Å². The van der Waals surface area contributed by atoms with E-state index in [1.54, 1.807) is 32.4 Å². The van der Waals surface area contributed by atoms with Crippen molar-refractivity contribution in [2.24, 2.45) is 0 Å². The lowest BCUT2D eigenvalue weighted by Crippen LogP contribution is -2.22. The van der Waals surface area contributed by atoms with E-state index in [2.05, 4.69) is 5.32 Å². The van der Waals surface area contributed by atoms with Crippen molar-refractivity contribution < 1.29 is 14.3 Å². The second-order valence-electron chi connectivity index (χ2n) is 4.89. The Balaban J connectivity index is 2.06. The second-order valence-corrected chi connectivity index (χ2v) is 6.30. The maximum Gasteiger partial charge on any atom is 0.237 e. The molecule has 6 heteroatoms. The molecule has 2 aromatic carbocycles. The van der Waals surface area contributed by atoms with Gasteiger partial charge in [0.2, 0.25) is 5.91 Å². The Morgan fingerprint density at radius 3 is 2.61 bits per heavy atom. The molecule has 1 atom stereocenters. The SMILES string of the molecule is COc1ccc(NC(=O)C(C)Sc2cccc(N)c2)c(OC)c1. The monoisotopic (exact) mass is 332 g/mol. The number of nitrogens with two attached hydrogens (primary N) is 1. The van der Waals surface area contributed by atoms with Crippen molar-refractivity contribution in [3.05, 3.63) is 42.5 Å². The van der Waals surface area contributed by atoms with Gasteiger partial charge in [0.1, 0.15) is 11.5 Å². The van der Waals surface area contributed by atoms with Gasteiger partial charge in [-0.1, -0.05) is 6.07 Å². The van der Waals surface area contributed by atoms with Crippen molar-refractivity contribution in [3.8, 4) is 11.5 Å². The molecule has 0 aromatic heterocycles. The van der Waals surface area contributed by atoms with Crippen LogP contribution in [0, 0.1) is 0 Å². The van der Waals surface area contributed by atoms with Crippen molar-refractivity contribution in [1.29, 1.82) is 0 Å². The zero-order chi connectivity index (χ0) is 16.8. The van der Waals surface area contributed by atoms with Crippen LogP contribution in [0.25, 0.3) is 0 Å². The number of carbonyl (C=O) groups excluding carboxylic acids is 1. The Labute approximate surface area is 140 Å². The standard InChI is InChI=1S/C17H20N2O3S/c1-11(23-14-6-4-5-12(18)9-14)17(20)19-15-8-7-13(21-2)10-16(15)22-3/h4-11H,18H2,1-3H3,(H,19,20). The average molecular weight is 332 g/mol. The summed E-state index contributed by atoms with van der Waals surface area (Å²) in [5.41, 5.74) is 7.05. The molecular formula is C17H20N2O3S. The van der Waals surface area contributed by atoms with Crippen LogP contribution in [-0.2, 0) is 4.79 Å². The number of carbonyl (C=O) groups is 1. The molecule has 0 saturated carbocycles. The number of ether oxygens (including phenoxy) is 2. The molecule has 0 aliphatic carbocycles. The summed E-state index contributed by atoms with van der Waals surface area (Å²) in [5, 5.41) is 2.60. The predicted molar refractivity (Wildman–Crippen MR) is 94.3 cm³/mol. The summed E-state index contributed by atoms with van der Waals surface area (Å²) in [6.45, 7) is 1.85. The topological polar surface area (TPSA) is 73.6 Å². The largest absolute Gasteiger partial charge is 0.497 e. The number of amides is 1. The van der Waals surface area contributed by atoms with Gasteiger partial charge in [-0.05, 0) is 37.3 Å². The van der Waals surface area contributed by atoms with Crippen LogP contribution in [0.15, 0.2) is 47.4 Å². The number of hydrogen-bond acceptors (Lipinski definition) is 5. The molecule has 0 bridgehead atoms. The quantitative estimate of drug-likeness (QED) is 0.626. The summed E-state index contributed by atoms with van der Waals surface area (Å²) in [6, 6.07) is 12.7. The van der Waals surface area contributed by atoms with E-state index in [-0.39, 0.29) is 11.2 Å². The Morgan fingerprint density at radius 1 is 1.17 bits per heavy atom. The first-order valence-corrected chi connectivity index (χ1v) is 7.96. The first-order chi connectivity index (χ1) is 11.0. The van der Waals surface area contributed by atoms with E-state index in [1.165, 1.54) is 11.8 Å². The second kappa shape index (κ2) is 7.78. The Morgan fingerprint density at radius 2 is 1.96 bits per heavy atom. The van der Waals surface area contributed by atoms with Crippen molar-refractivity contribution >= 4 is 29.0 Å². The van der Waals surface area contributed by atoms with Gasteiger partial charge in [-0.25, -0.2) is 0 Å². The minimum absolute atomic E-state index is 0.110. The van der Waals surface area contributed by atoms with Crippen LogP contribution in [0.2, 0.25) is 0 Å². The van der Waals surface area contributed by atoms with E-state index in [4.69, 9.17) is 15.2 Å². The molecule has 23 heavy (non-hydrogen) atoms. The molecule has 122 valence electrons. The first-order valence-electron chi connectivity index (χ1n) is 7.08. The minimum Gasteiger partial charge on any atom is -0.497 e. The Kier molecular flexibility index (Phi) is 5.76. The van der Waals surface area contributed by atoms with Crippen molar-refractivity contribution in [2.75, 3.05) is 25.3 Å². The van der Waals surface area contributed by atoms with Gasteiger partial charge in [-0.2, -0.15) is 0 Å². The number of thioether (sulfide) groups is 1. The van der Waals surface area contributed by atoms with E-state index < -0.39 is 0 Å². The van der Waals surface area contributed by atoms with E-state index in [9.17, 15) is 4.79 Å². The number of methoxy groups -OCH3 is 2. The summed E-state index contributed by atoms with van der Waals surface area (Å²) in [4.78, 5) is 13.3. The van der Waals surface area contributed by atoms with Gasteiger partial charge in [0.25, 0.3) is 0 Å². The Bertz CT molecular complexity index is 691. The third-order valence-corrected chi connectivity index (χ3v) is 4.30. The molecule has 2 aromatic rings. The normalized spacial score (nSPS) is 11.6. The van der Waals surface area contributed by atoms with Gasteiger partial charge in [-0.3, -0.25) is 4.79 Å². The van der Waals surface area contributed by atoms with Crippen LogP contribution < -0.4 is 20.5 Å². The van der Waals surface area contributed by atoms with E-state index >= 15 is 0 Å². The number of benzene rings is 2. The number of hydrogen-bond donors (Lipinski definition) is 2. The van der Waals surface area contributed by atoms with Crippen LogP contribution in [0.5, 0.6) is 11.5 Å². The predicted octanol–water partition coefficient (Wildman–Crippen LogP) is 3.41. The smallest absolute Gasteiger partial charge is 0.237 e. The highest BCUT2D eigenvalue weighted by atomic mass is 32.2. The van der Waals surface area contributed by atoms with Crippen LogP contribution in [-0.4, -0.2) is 25.4 Å². The molecule has 0 radical (unpaired) electrons. The van der Waals surface area contributed by atoms with E-state index in [0.717, 1.165) is 4.90 Å². The number of nitrogen functional groups attached to an aromatic ring is 1. The van der Waals surface area contributed by atoms with E-state index in [1.807, 2.05) is 31.2 Å². The number of rotatable bonds is 6. The van der Waals surface area contributed by atoms with Gasteiger partial charge in [0.15, 0.2) is 0 Å². The third kappa shape index (κ3) is 4.56. The lowest BCUT2D eigenvalue weighted by Gasteiger charge is -2.15. The molecular weight excluding hydrogens is 312 g/mol. The van der Waals surface area contributed by atoms with Gasteiger partial charge >= 0.3 is 0 Å². The Hall–Kier alpha value is -2.34. The maximum absolute atomic E-state index is 12.4. The highest BCUT2D eigenvalue weighted by molar-refractivity contribution is 8.00. The maximum atomic E-state index is 12.4. The first kappa shape index (κ1) is 17.0.